The number of hydrogen-bond donors (Lipinski definition) is 1. The van der Waals surface area contributed by atoms with Gasteiger partial charge in [0.25, 0.3) is 0 Å². The molecule has 1 fully saturated rings. The average molecular weight is 315 g/mol. The summed E-state index contributed by atoms with van der Waals surface area (Å²) in [5.41, 5.74) is 6.31. The minimum Gasteiger partial charge on any atom is -0.465 e. The third-order valence-corrected chi connectivity index (χ3v) is 6.40. The van der Waals surface area contributed by atoms with Crippen molar-refractivity contribution in [3.8, 4) is 0 Å². The van der Waals surface area contributed by atoms with E-state index in [2.05, 4.69) is 11.8 Å². The van der Waals surface area contributed by atoms with Gasteiger partial charge in [-0.15, -0.1) is 0 Å². The SMILES string of the molecule is CCC1CN(S(=O)(=O)c2c(C)oc(C)c2CN)CCN1C. The summed E-state index contributed by atoms with van der Waals surface area (Å²) in [6.07, 6.45) is 0.926. The molecule has 1 aliphatic rings. The van der Waals surface area contributed by atoms with Gasteiger partial charge in [0.1, 0.15) is 16.4 Å². The second-order valence-electron chi connectivity index (χ2n) is 5.63. The first-order valence-electron chi connectivity index (χ1n) is 7.32. The number of nitrogens with zero attached hydrogens (tertiary/aromatic N) is 2. The van der Waals surface area contributed by atoms with Crippen LogP contribution in [0.1, 0.15) is 30.4 Å². The molecule has 0 aliphatic carbocycles. The molecule has 1 aromatic rings. The molecule has 2 heterocycles. The van der Waals surface area contributed by atoms with Gasteiger partial charge < -0.3 is 15.1 Å². The third-order valence-electron chi connectivity index (χ3n) is 4.34. The molecule has 1 aromatic heterocycles. The van der Waals surface area contributed by atoms with Crippen LogP contribution in [-0.2, 0) is 16.6 Å². The Morgan fingerprint density at radius 3 is 2.52 bits per heavy atom. The van der Waals surface area contributed by atoms with E-state index in [1.807, 2.05) is 7.05 Å². The molecule has 2 N–H and O–H groups in total. The Labute approximate surface area is 126 Å². The topological polar surface area (TPSA) is 79.8 Å². The lowest BCUT2D eigenvalue weighted by molar-refractivity contribution is 0.144. The van der Waals surface area contributed by atoms with Crippen molar-refractivity contribution < 1.29 is 12.8 Å². The molecular weight excluding hydrogens is 290 g/mol. The monoisotopic (exact) mass is 315 g/mol. The highest BCUT2D eigenvalue weighted by atomic mass is 32.2. The molecule has 0 saturated carbocycles. The van der Waals surface area contributed by atoms with Crippen LogP contribution in [0.4, 0.5) is 0 Å². The van der Waals surface area contributed by atoms with Gasteiger partial charge in [-0.25, -0.2) is 8.42 Å². The van der Waals surface area contributed by atoms with Crippen molar-refractivity contribution in [2.75, 3.05) is 26.7 Å². The van der Waals surface area contributed by atoms with Gasteiger partial charge in [0.15, 0.2) is 0 Å². The van der Waals surface area contributed by atoms with Crippen LogP contribution < -0.4 is 5.73 Å². The third kappa shape index (κ3) is 2.88. The normalized spacial score (nSPS) is 21.9. The fourth-order valence-corrected chi connectivity index (χ4v) is 4.88. The molecule has 21 heavy (non-hydrogen) atoms. The summed E-state index contributed by atoms with van der Waals surface area (Å²) in [5.74, 6) is 1.02. The molecule has 7 heteroatoms. The van der Waals surface area contributed by atoms with Crippen LogP contribution in [0.25, 0.3) is 0 Å². The molecule has 120 valence electrons. The fourth-order valence-electron chi connectivity index (χ4n) is 2.99. The van der Waals surface area contributed by atoms with Crippen molar-refractivity contribution in [1.29, 1.82) is 0 Å². The van der Waals surface area contributed by atoms with Crippen molar-refractivity contribution in [3.05, 3.63) is 17.1 Å². The van der Waals surface area contributed by atoms with E-state index in [0.29, 0.717) is 30.2 Å². The molecule has 1 saturated heterocycles. The molecule has 0 amide bonds. The first-order valence-corrected chi connectivity index (χ1v) is 8.76. The largest absolute Gasteiger partial charge is 0.465 e. The highest BCUT2D eigenvalue weighted by Crippen LogP contribution is 2.30. The molecule has 1 aliphatic heterocycles. The Hall–Kier alpha value is -0.890. The van der Waals surface area contributed by atoms with Crippen LogP contribution in [0.3, 0.4) is 0 Å². The summed E-state index contributed by atoms with van der Waals surface area (Å²) in [4.78, 5) is 2.48. The van der Waals surface area contributed by atoms with E-state index in [9.17, 15) is 8.42 Å². The lowest BCUT2D eigenvalue weighted by atomic mass is 10.1. The Bertz CT molecular complexity index is 609. The quantitative estimate of drug-likeness (QED) is 0.899. The van der Waals surface area contributed by atoms with Gasteiger partial charge in [0.2, 0.25) is 10.0 Å². The van der Waals surface area contributed by atoms with Crippen LogP contribution in [-0.4, -0.2) is 50.3 Å². The van der Waals surface area contributed by atoms with E-state index < -0.39 is 10.0 Å². The summed E-state index contributed by atoms with van der Waals surface area (Å²) in [6, 6.07) is 0.253. The molecule has 1 unspecified atom stereocenters. The van der Waals surface area contributed by atoms with Gasteiger partial charge >= 0.3 is 0 Å². The lowest BCUT2D eigenvalue weighted by Crippen LogP contribution is -2.52. The smallest absolute Gasteiger partial charge is 0.246 e. The summed E-state index contributed by atoms with van der Waals surface area (Å²) >= 11 is 0. The van der Waals surface area contributed by atoms with E-state index in [0.717, 1.165) is 13.0 Å². The minimum atomic E-state index is -3.55. The summed E-state index contributed by atoms with van der Waals surface area (Å²) < 4.78 is 33.0. The zero-order valence-corrected chi connectivity index (χ0v) is 14.0. The van der Waals surface area contributed by atoms with Crippen LogP contribution in [0.5, 0.6) is 0 Å². The van der Waals surface area contributed by atoms with E-state index in [1.54, 1.807) is 18.2 Å². The molecule has 1 atom stereocenters. The zero-order chi connectivity index (χ0) is 15.8. The molecule has 0 bridgehead atoms. The molecule has 2 rings (SSSR count). The number of hydrogen-bond acceptors (Lipinski definition) is 5. The Morgan fingerprint density at radius 2 is 1.95 bits per heavy atom. The Balaban J connectivity index is 2.39. The average Bonchev–Trinajstić information content (AvgIpc) is 2.73. The van der Waals surface area contributed by atoms with Gasteiger partial charge in [-0.05, 0) is 27.3 Å². The number of nitrogens with two attached hydrogens (primary N) is 1. The summed E-state index contributed by atoms with van der Waals surface area (Å²) in [5, 5.41) is 0. The highest BCUT2D eigenvalue weighted by Gasteiger charge is 2.36. The number of aryl methyl sites for hydroxylation is 2. The lowest BCUT2D eigenvalue weighted by Gasteiger charge is -2.38. The van der Waals surface area contributed by atoms with Crippen molar-refractivity contribution in [2.24, 2.45) is 5.73 Å². The van der Waals surface area contributed by atoms with E-state index >= 15 is 0 Å². The second-order valence-corrected chi connectivity index (χ2v) is 7.51. The van der Waals surface area contributed by atoms with E-state index in [-0.39, 0.29) is 17.5 Å². The van der Waals surface area contributed by atoms with Gasteiger partial charge in [-0.3, -0.25) is 0 Å². The van der Waals surface area contributed by atoms with Crippen LogP contribution in [0, 0.1) is 13.8 Å². The van der Waals surface area contributed by atoms with Gasteiger partial charge in [0.05, 0.1) is 0 Å². The highest BCUT2D eigenvalue weighted by molar-refractivity contribution is 7.89. The van der Waals surface area contributed by atoms with Crippen LogP contribution >= 0.6 is 0 Å². The number of likely N-dealkylation sites (N-methyl/N-ethyl adjacent to an activating group) is 1. The second kappa shape index (κ2) is 6.08. The Morgan fingerprint density at radius 1 is 1.29 bits per heavy atom. The first-order chi connectivity index (χ1) is 9.82. The maximum Gasteiger partial charge on any atom is 0.246 e. The number of piperazine rings is 1. The molecular formula is C14H25N3O3S. The molecule has 6 nitrogen and oxygen atoms in total. The van der Waals surface area contributed by atoms with Crippen LogP contribution in [0.15, 0.2) is 9.31 Å². The van der Waals surface area contributed by atoms with Gasteiger partial charge in [-0.1, -0.05) is 6.92 Å². The van der Waals surface area contributed by atoms with Gasteiger partial charge in [-0.2, -0.15) is 4.31 Å². The summed E-state index contributed by atoms with van der Waals surface area (Å²) in [6.45, 7) is 7.45. The van der Waals surface area contributed by atoms with Crippen molar-refractivity contribution >= 4 is 10.0 Å². The number of rotatable bonds is 4. The number of sulfonamides is 1. The minimum absolute atomic E-state index is 0.169. The fraction of sp³-hybridized carbons (Fsp3) is 0.714. The van der Waals surface area contributed by atoms with Crippen molar-refractivity contribution in [2.45, 2.75) is 44.7 Å². The predicted octanol–water partition coefficient (Wildman–Crippen LogP) is 1.07. The van der Waals surface area contributed by atoms with Crippen molar-refractivity contribution in [1.82, 2.24) is 9.21 Å². The first kappa shape index (κ1) is 16.5. The van der Waals surface area contributed by atoms with Crippen molar-refractivity contribution in [3.63, 3.8) is 0 Å². The van der Waals surface area contributed by atoms with E-state index in [4.69, 9.17) is 10.2 Å². The molecule has 0 radical (unpaired) electrons. The predicted molar refractivity (Wildman–Crippen MR) is 81.5 cm³/mol. The Kier molecular flexibility index (Phi) is 4.77. The maximum atomic E-state index is 13.0. The van der Waals surface area contributed by atoms with Crippen LogP contribution in [0.2, 0.25) is 0 Å². The molecule has 0 spiro atoms. The maximum absolute atomic E-state index is 13.0. The van der Waals surface area contributed by atoms with E-state index in [1.165, 1.54) is 0 Å². The number of furan rings is 1. The zero-order valence-electron chi connectivity index (χ0n) is 13.2. The molecule has 0 aromatic carbocycles. The van der Waals surface area contributed by atoms with Gasteiger partial charge in [0, 0.05) is 37.8 Å². The summed E-state index contributed by atoms with van der Waals surface area (Å²) in [7, 11) is -1.51. The standard InChI is InChI=1S/C14H25N3O3S/c1-5-12-9-17(7-6-16(12)4)21(18,19)14-11(3)20-10(2)13(14)8-15/h12H,5-9,15H2,1-4H3.